The first-order valence-electron chi connectivity index (χ1n) is 10.4. The summed E-state index contributed by atoms with van der Waals surface area (Å²) >= 11 is 0. The van der Waals surface area contributed by atoms with Gasteiger partial charge in [0.05, 0.1) is 21.3 Å². The number of hydrogen-bond acceptors (Lipinski definition) is 4. The maximum absolute atomic E-state index is 5.74. The fourth-order valence-electron chi connectivity index (χ4n) is 6.51. The molecule has 6 rings (SSSR count). The Balaban J connectivity index is 1.57. The van der Waals surface area contributed by atoms with Crippen LogP contribution < -0.4 is 4.74 Å². The molecule has 28 heavy (non-hydrogen) atoms. The van der Waals surface area contributed by atoms with Crippen molar-refractivity contribution in [2.45, 2.75) is 31.2 Å². The van der Waals surface area contributed by atoms with E-state index in [4.69, 9.17) is 14.2 Å². The molecule has 1 spiro atoms. The number of nitrogens with zero attached hydrogens (tertiary/aromatic N) is 1. The Labute approximate surface area is 166 Å². The van der Waals surface area contributed by atoms with Gasteiger partial charge in [0, 0.05) is 29.8 Å². The second kappa shape index (κ2) is 5.66. The Hall–Kier alpha value is -2.20. The number of allylic oxidation sites excluding steroid dienone is 2. The third-order valence-electron chi connectivity index (χ3n) is 7.81. The van der Waals surface area contributed by atoms with Crippen LogP contribution in [0.1, 0.15) is 36.3 Å². The maximum Gasteiger partial charge on any atom is 0.157 e. The van der Waals surface area contributed by atoms with E-state index in [0.29, 0.717) is 17.9 Å². The molecule has 4 nitrogen and oxygen atoms in total. The van der Waals surface area contributed by atoms with Gasteiger partial charge in [0.25, 0.3) is 0 Å². The van der Waals surface area contributed by atoms with E-state index in [1.807, 2.05) is 0 Å². The lowest BCUT2D eigenvalue weighted by atomic mass is 9.73. The summed E-state index contributed by atoms with van der Waals surface area (Å²) in [6.45, 7) is 2.34. The number of benzene rings is 1. The van der Waals surface area contributed by atoms with Crippen molar-refractivity contribution in [1.29, 1.82) is 0 Å². The first-order valence-corrected chi connectivity index (χ1v) is 10.4. The summed E-state index contributed by atoms with van der Waals surface area (Å²) in [5, 5.41) is 0. The molecule has 0 bridgehead atoms. The minimum atomic E-state index is 0.0512. The van der Waals surface area contributed by atoms with Crippen LogP contribution in [-0.2, 0) is 9.47 Å². The zero-order valence-corrected chi connectivity index (χ0v) is 16.8. The van der Waals surface area contributed by atoms with Gasteiger partial charge in [-0.25, -0.2) is 0 Å². The summed E-state index contributed by atoms with van der Waals surface area (Å²) < 4.78 is 17.0. The first-order chi connectivity index (χ1) is 13.7. The third kappa shape index (κ3) is 1.94. The highest BCUT2D eigenvalue weighted by Crippen LogP contribution is 2.76. The molecule has 5 aliphatic rings. The second-order valence-corrected chi connectivity index (χ2v) is 8.77. The van der Waals surface area contributed by atoms with E-state index >= 15 is 0 Å². The largest absolute Gasteiger partial charge is 0.497 e. The predicted molar refractivity (Wildman–Crippen MR) is 108 cm³/mol. The van der Waals surface area contributed by atoms with E-state index in [1.54, 1.807) is 32.5 Å². The average Bonchev–Trinajstić information content (AvgIpc) is 3.18. The Morgan fingerprint density at radius 3 is 2.71 bits per heavy atom. The molecule has 1 aromatic carbocycles. The van der Waals surface area contributed by atoms with Crippen molar-refractivity contribution in [1.82, 2.24) is 4.90 Å². The van der Waals surface area contributed by atoms with Crippen molar-refractivity contribution in [3.63, 3.8) is 0 Å². The van der Waals surface area contributed by atoms with Gasteiger partial charge in [0.1, 0.15) is 5.75 Å². The van der Waals surface area contributed by atoms with Crippen molar-refractivity contribution in [3.05, 3.63) is 58.6 Å². The van der Waals surface area contributed by atoms with E-state index in [1.165, 1.54) is 36.9 Å². The number of rotatable bonds is 3. The van der Waals surface area contributed by atoms with Crippen LogP contribution in [0.3, 0.4) is 0 Å². The Kier molecular flexibility index (Phi) is 3.38. The molecular weight excluding hydrogens is 350 g/mol. The monoisotopic (exact) mass is 377 g/mol. The van der Waals surface area contributed by atoms with Gasteiger partial charge < -0.3 is 14.2 Å². The van der Waals surface area contributed by atoms with Gasteiger partial charge in [0.15, 0.2) is 11.5 Å². The highest BCUT2D eigenvalue weighted by Gasteiger charge is 2.69. The first kappa shape index (κ1) is 16.7. The molecule has 0 N–H and O–H groups in total. The summed E-state index contributed by atoms with van der Waals surface area (Å²) in [7, 11) is 5.24. The number of ether oxygens (including phenoxy) is 3. The van der Waals surface area contributed by atoms with Gasteiger partial charge in [-0.1, -0.05) is 6.07 Å². The number of hydrogen-bond donors (Lipinski definition) is 0. The minimum Gasteiger partial charge on any atom is -0.497 e. The van der Waals surface area contributed by atoms with Gasteiger partial charge in [-0.15, -0.1) is 0 Å². The van der Waals surface area contributed by atoms with Gasteiger partial charge >= 0.3 is 0 Å². The molecule has 146 valence electrons. The quantitative estimate of drug-likeness (QED) is 0.793. The van der Waals surface area contributed by atoms with Crippen molar-refractivity contribution in [2.24, 2.45) is 11.3 Å². The van der Waals surface area contributed by atoms with Crippen LogP contribution in [-0.4, -0.2) is 45.4 Å². The molecule has 4 atom stereocenters. The zero-order valence-electron chi connectivity index (χ0n) is 16.8. The van der Waals surface area contributed by atoms with Gasteiger partial charge in [-0.2, -0.15) is 0 Å². The normalized spacial score (nSPS) is 34.9. The molecule has 2 fully saturated rings. The topological polar surface area (TPSA) is 30.9 Å². The number of methoxy groups -OCH3 is 3. The van der Waals surface area contributed by atoms with Gasteiger partial charge in [-0.3, -0.25) is 4.90 Å². The molecule has 1 saturated carbocycles. The molecule has 3 aliphatic carbocycles. The molecule has 1 aromatic rings. The summed E-state index contributed by atoms with van der Waals surface area (Å²) in [5.74, 6) is 3.59. The van der Waals surface area contributed by atoms with E-state index in [0.717, 1.165) is 23.8 Å². The summed E-state index contributed by atoms with van der Waals surface area (Å²) in [5.41, 5.74) is 6.15. The van der Waals surface area contributed by atoms with E-state index in [2.05, 4.69) is 35.3 Å². The van der Waals surface area contributed by atoms with Crippen molar-refractivity contribution < 1.29 is 14.2 Å². The molecule has 0 amide bonds. The van der Waals surface area contributed by atoms with Crippen molar-refractivity contribution >= 4 is 5.57 Å². The third-order valence-corrected chi connectivity index (χ3v) is 7.81. The molecule has 2 aliphatic heterocycles. The van der Waals surface area contributed by atoms with Crippen molar-refractivity contribution in [3.8, 4) is 5.75 Å². The Morgan fingerprint density at radius 1 is 1.07 bits per heavy atom. The second-order valence-electron chi connectivity index (χ2n) is 8.77. The Morgan fingerprint density at radius 2 is 1.93 bits per heavy atom. The lowest BCUT2D eigenvalue weighted by molar-refractivity contribution is 0.210. The van der Waals surface area contributed by atoms with Crippen LogP contribution in [0, 0.1) is 11.3 Å². The zero-order chi connectivity index (χ0) is 19.0. The molecule has 1 saturated heterocycles. The van der Waals surface area contributed by atoms with Crippen molar-refractivity contribution in [2.75, 3.05) is 34.4 Å². The van der Waals surface area contributed by atoms with Crippen LogP contribution in [0.4, 0.5) is 0 Å². The lowest BCUT2D eigenvalue weighted by Crippen LogP contribution is -2.39. The average molecular weight is 377 g/mol. The van der Waals surface area contributed by atoms with Crippen LogP contribution >= 0.6 is 0 Å². The summed E-state index contributed by atoms with van der Waals surface area (Å²) in [6.07, 6.45) is 8.50. The van der Waals surface area contributed by atoms with E-state index in [-0.39, 0.29) is 5.41 Å². The van der Waals surface area contributed by atoms with Crippen LogP contribution in [0.5, 0.6) is 5.75 Å². The summed E-state index contributed by atoms with van der Waals surface area (Å²) in [4.78, 5) is 2.71. The van der Waals surface area contributed by atoms with Crippen LogP contribution in [0.25, 0.3) is 5.57 Å². The SMILES string of the molecule is COC1=CC2C3c4cc(OC)ccc4C4=C(CN5CCC[C@H]5C4)C23C=C1OC. The van der Waals surface area contributed by atoms with E-state index in [9.17, 15) is 0 Å². The molecule has 4 heteroatoms. The van der Waals surface area contributed by atoms with Gasteiger partial charge in [-0.05, 0) is 72.4 Å². The molecule has 0 aromatic heterocycles. The molecule has 0 radical (unpaired) electrons. The van der Waals surface area contributed by atoms with Gasteiger partial charge in [0.2, 0.25) is 0 Å². The highest BCUT2D eigenvalue weighted by molar-refractivity contribution is 5.82. The summed E-state index contributed by atoms with van der Waals surface area (Å²) in [6, 6.07) is 7.40. The van der Waals surface area contributed by atoms with Crippen LogP contribution in [0.15, 0.2) is 47.4 Å². The standard InChI is InChI=1S/C24H27NO3/c1-26-15-6-7-16-17-9-14-5-4-8-25(14)13-20(17)24-12-22(28-3)21(27-2)11-19(24)23(24)18(16)10-15/h6-7,10-12,14,19,23H,4-5,8-9,13H2,1-3H3/t14-,19?,23?,24?/m0/s1. The lowest BCUT2D eigenvalue weighted by Gasteiger charge is -2.40. The molecular formula is C24H27NO3. The fourth-order valence-corrected chi connectivity index (χ4v) is 6.51. The fraction of sp³-hybridized carbons (Fsp3) is 0.500. The van der Waals surface area contributed by atoms with Crippen LogP contribution in [0.2, 0.25) is 0 Å². The minimum absolute atomic E-state index is 0.0512. The smallest absolute Gasteiger partial charge is 0.157 e. The maximum atomic E-state index is 5.74. The highest BCUT2D eigenvalue weighted by atomic mass is 16.5. The molecule has 2 heterocycles. The number of fused-ring (bicyclic) bond motifs is 5. The van der Waals surface area contributed by atoms with E-state index < -0.39 is 0 Å². The Bertz CT molecular complexity index is 959. The predicted octanol–water partition coefficient (Wildman–Crippen LogP) is 4.10. The molecule has 3 unspecified atom stereocenters.